The van der Waals surface area contributed by atoms with Gasteiger partial charge in [0.1, 0.15) is 11.4 Å². The van der Waals surface area contributed by atoms with Gasteiger partial charge in [-0.2, -0.15) is 5.10 Å². The van der Waals surface area contributed by atoms with Crippen LogP contribution in [0, 0.1) is 0 Å². The van der Waals surface area contributed by atoms with Crippen molar-refractivity contribution in [2.45, 2.75) is 77.7 Å². The van der Waals surface area contributed by atoms with Crippen LogP contribution in [-0.2, 0) is 6.54 Å². The summed E-state index contributed by atoms with van der Waals surface area (Å²) in [6, 6.07) is 0. The topological polar surface area (TPSA) is 76.5 Å². The first kappa shape index (κ1) is 16.9. The zero-order valence-corrected chi connectivity index (χ0v) is 14.9. The van der Waals surface area contributed by atoms with Gasteiger partial charge in [0, 0.05) is 24.6 Å². The molecule has 1 saturated carbocycles. The molecule has 130 valence electrons. The number of nitrogens with zero attached hydrogens (tertiary/aromatic N) is 4. The van der Waals surface area contributed by atoms with E-state index in [1.807, 2.05) is 18.5 Å². The summed E-state index contributed by atoms with van der Waals surface area (Å²) >= 11 is 0. The first-order chi connectivity index (χ1) is 11.6. The summed E-state index contributed by atoms with van der Waals surface area (Å²) in [5.74, 6) is 2.90. The summed E-state index contributed by atoms with van der Waals surface area (Å²) in [4.78, 5) is 24.6. The average molecular weight is 329 g/mol. The first-order valence-corrected chi connectivity index (χ1v) is 9.14. The fraction of sp³-hybridized carbons (Fsp3) is 0.667. The van der Waals surface area contributed by atoms with E-state index in [9.17, 15) is 4.79 Å². The van der Waals surface area contributed by atoms with Crippen molar-refractivity contribution >= 4 is 0 Å². The summed E-state index contributed by atoms with van der Waals surface area (Å²) in [6.07, 6.45) is 8.55. The van der Waals surface area contributed by atoms with Gasteiger partial charge in [0.2, 0.25) is 0 Å². The molecule has 1 fully saturated rings. The van der Waals surface area contributed by atoms with E-state index in [1.54, 1.807) is 6.20 Å². The molecular weight excluding hydrogens is 302 g/mol. The fourth-order valence-corrected chi connectivity index (χ4v) is 3.24. The lowest BCUT2D eigenvalue weighted by Crippen LogP contribution is -2.16. The van der Waals surface area contributed by atoms with Crippen molar-refractivity contribution in [2.24, 2.45) is 0 Å². The van der Waals surface area contributed by atoms with Crippen molar-refractivity contribution in [3.05, 3.63) is 28.2 Å². The Hall–Kier alpha value is -1.98. The molecule has 0 saturated heterocycles. The van der Waals surface area contributed by atoms with Gasteiger partial charge in [0.05, 0.1) is 0 Å². The number of rotatable bonds is 6. The standard InChI is InChI=1S/C18H27N5O/c1-4-5-10-23-17(20-16(22-23)13-8-6-7-9-13)14-11-19-15(12(2)3)21-18(14)24/h11-13H,4-10H2,1-3H3,(H,19,21,24). The van der Waals surface area contributed by atoms with E-state index in [-0.39, 0.29) is 11.5 Å². The fourth-order valence-electron chi connectivity index (χ4n) is 3.24. The molecule has 24 heavy (non-hydrogen) atoms. The van der Waals surface area contributed by atoms with Gasteiger partial charge in [-0.3, -0.25) is 4.79 Å². The average Bonchev–Trinajstić information content (AvgIpc) is 3.22. The SMILES string of the molecule is CCCCn1nc(C2CCCC2)nc1-c1cnc(C(C)C)[nH]c1=O. The van der Waals surface area contributed by atoms with Crippen molar-refractivity contribution in [3.8, 4) is 11.4 Å². The van der Waals surface area contributed by atoms with Gasteiger partial charge in [0.25, 0.3) is 5.56 Å². The lowest BCUT2D eigenvalue weighted by molar-refractivity contribution is 0.558. The highest BCUT2D eigenvalue weighted by Gasteiger charge is 2.24. The summed E-state index contributed by atoms with van der Waals surface area (Å²) in [6.45, 7) is 6.97. The highest BCUT2D eigenvalue weighted by atomic mass is 16.1. The van der Waals surface area contributed by atoms with Gasteiger partial charge in [-0.1, -0.05) is 40.0 Å². The second-order valence-electron chi connectivity index (χ2n) is 7.02. The lowest BCUT2D eigenvalue weighted by atomic mass is 10.1. The number of aryl methyl sites for hydroxylation is 1. The molecule has 0 atom stereocenters. The molecule has 3 rings (SSSR count). The van der Waals surface area contributed by atoms with Crippen molar-refractivity contribution in [3.63, 3.8) is 0 Å². The highest BCUT2D eigenvalue weighted by molar-refractivity contribution is 5.52. The van der Waals surface area contributed by atoms with E-state index in [2.05, 4.69) is 16.9 Å². The van der Waals surface area contributed by atoms with Crippen molar-refractivity contribution in [1.29, 1.82) is 0 Å². The third-order valence-electron chi connectivity index (χ3n) is 4.74. The minimum Gasteiger partial charge on any atom is -0.310 e. The molecule has 0 aliphatic heterocycles. The number of aromatic amines is 1. The van der Waals surface area contributed by atoms with Crippen LogP contribution in [-0.4, -0.2) is 24.7 Å². The van der Waals surface area contributed by atoms with E-state index >= 15 is 0 Å². The number of nitrogens with one attached hydrogen (secondary N) is 1. The minimum atomic E-state index is -0.128. The quantitative estimate of drug-likeness (QED) is 0.878. The van der Waals surface area contributed by atoms with Crippen LogP contribution in [0.4, 0.5) is 0 Å². The van der Waals surface area contributed by atoms with Crippen LogP contribution in [0.25, 0.3) is 11.4 Å². The normalized spacial score (nSPS) is 15.5. The zero-order chi connectivity index (χ0) is 17.1. The Balaban J connectivity index is 2.00. The van der Waals surface area contributed by atoms with Crippen LogP contribution in [0.5, 0.6) is 0 Å². The number of hydrogen-bond acceptors (Lipinski definition) is 4. The van der Waals surface area contributed by atoms with Gasteiger partial charge in [-0.15, -0.1) is 0 Å². The Labute approximate surface area is 142 Å². The van der Waals surface area contributed by atoms with Crippen molar-refractivity contribution in [1.82, 2.24) is 24.7 Å². The van der Waals surface area contributed by atoms with Gasteiger partial charge in [-0.05, 0) is 19.3 Å². The van der Waals surface area contributed by atoms with Crippen LogP contribution in [0.2, 0.25) is 0 Å². The molecule has 1 aliphatic carbocycles. The van der Waals surface area contributed by atoms with Crippen molar-refractivity contribution < 1.29 is 0 Å². The van der Waals surface area contributed by atoms with E-state index in [0.717, 1.165) is 38.1 Å². The van der Waals surface area contributed by atoms with E-state index in [1.165, 1.54) is 12.8 Å². The number of unbranched alkanes of at least 4 members (excludes halogenated alkanes) is 1. The Bertz CT molecular complexity index is 740. The molecule has 0 spiro atoms. The van der Waals surface area contributed by atoms with Crippen LogP contribution < -0.4 is 5.56 Å². The summed E-state index contributed by atoms with van der Waals surface area (Å²) < 4.78 is 1.90. The predicted octanol–water partition coefficient (Wildman–Crippen LogP) is 3.61. The molecule has 0 amide bonds. The molecule has 0 aromatic carbocycles. The van der Waals surface area contributed by atoms with E-state index < -0.39 is 0 Å². The summed E-state index contributed by atoms with van der Waals surface area (Å²) in [5.41, 5.74) is 0.393. The summed E-state index contributed by atoms with van der Waals surface area (Å²) in [7, 11) is 0. The zero-order valence-electron chi connectivity index (χ0n) is 14.9. The largest absolute Gasteiger partial charge is 0.310 e. The molecule has 6 heteroatoms. The second-order valence-corrected chi connectivity index (χ2v) is 7.02. The monoisotopic (exact) mass is 329 g/mol. The Morgan fingerprint density at radius 1 is 1.33 bits per heavy atom. The van der Waals surface area contributed by atoms with Gasteiger partial charge in [0.15, 0.2) is 11.6 Å². The molecule has 0 radical (unpaired) electrons. The van der Waals surface area contributed by atoms with Gasteiger partial charge < -0.3 is 4.98 Å². The molecule has 1 aliphatic rings. The number of hydrogen-bond donors (Lipinski definition) is 1. The predicted molar refractivity (Wildman–Crippen MR) is 94.1 cm³/mol. The second kappa shape index (κ2) is 7.28. The third kappa shape index (κ3) is 3.42. The maximum absolute atomic E-state index is 12.5. The van der Waals surface area contributed by atoms with Gasteiger partial charge >= 0.3 is 0 Å². The smallest absolute Gasteiger partial charge is 0.261 e. The molecular formula is C18H27N5O. The molecule has 2 aromatic rings. The third-order valence-corrected chi connectivity index (χ3v) is 4.74. The minimum absolute atomic E-state index is 0.128. The van der Waals surface area contributed by atoms with Gasteiger partial charge in [-0.25, -0.2) is 14.6 Å². The number of H-pyrrole nitrogens is 1. The van der Waals surface area contributed by atoms with Crippen LogP contribution in [0.15, 0.2) is 11.0 Å². The van der Waals surface area contributed by atoms with Crippen LogP contribution in [0.1, 0.15) is 82.8 Å². The Morgan fingerprint density at radius 3 is 2.71 bits per heavy atom. The number of aromatic nitrogens is 5. The molecule has 0 unspecified atom stereocenters. The molecule has 2 heterocycles. The molecule has 6 nitrogen and oxygen atoms in total. The maximum atomic E-state index is 12.5. The van der Waals surface area contributed by atoms with Crippen LogP contribution >= 0.6 is 0 Å². The molecule has 1 N–H and O–H groups in total. The molecule has 0 bridgehead atoms. The Morgan fingerprint density at radius 2 is 2.08 bits per heavy atom. The Kier molecular flexibility index (Phi) is 5.11. The lowest BCUT2D eigenvalue weighted by Gasteiger charge is -2.07. The highest BCUT2D eigenvalue weighted by Crippen LogP contribution is 2.33. The molecule has 2 aromatic heterocycles. The van der Waals surface area contributed by atoms with E-state index in [0.29, 0.717) is 23.1 Å². The van der Waals surface area contributed by atoms with E-state index in [4.69, 9.17) is 10.1 Å². The summed E-state index contributed by atoms with van der Waals surface area (Å²) in [5, 5.41) is 4.73. The van der Waals surface area contributed by atoms with Crippen molar-refractivity contribution in [2.75, 3.05) is 0 Å². The van der Waals surface area contributed by atoms with Crippen LogP contribution in [0.3, 0.4) is 0 Å². The first-order valence-electron chi connectivity index (χ1n) is 9.14. The maximum Gasteiger partial charge on any atom is 0.261 e.